The van der Waals surface area contributed by atoms with E-state index in [1.54, 1.807) is 18.0 Å². The number of thioether (sulfide) groups is 1. The van der Waals surface area contributed by atoms with Crippen LogP contribution in [-0.4, -0.2) is 24.3 Å². The number of imidazole rings is 1. The standard InChI is InChI=1S/C11H17ClN6S/c1-3-4-18-9(5-13)15-16-11(18)19-7-10-14-6-8(12)17(10)2/h6H,3-5,7,13H2,1-2H3. The van der Waals surface area contributed by atoms with Crippen LogP contribution in [0.1, 0.15) is 25.0 Å². The summed E-state index contributed by atoms with van der Waals surface area (Å²) < 4.78 is 3.92. The second-order valence-electron chi connectivity index (χ2n) is 4.10. The van der Waals surface area contributed by atoms with Crippen molar-refractivity contribution < 1.29 is 0 Å². The van der Waals surface area contributed by atoms with Gasteiger partial charge in [-0.1, -0.05) is 30.3 Å². The van der Waals surface area contributed by atoms with Gasteiger partial charge in [-0.05, 0) is 6.42 Å². The highest BCUT2D eigenvalue weighted by molar-refractivity contribution is 7.98. The summed E-state index contributed by atoms with van der Waals surface area (Å²) in [7, 11) is 1.90. The van der Waals surface area contributed by atoms with E-state index in [0.717, 1.165) is 29.8 Å². The first-order valence-corrected chi connectivity index (χ1v) is 7.44. The van der Waals surface area contributed by atoms with Gasteiger partial charge >= 0.3 is 0 Å². The lowest BCUT2D eigenvalue weighted by Crippen LogP contribution is -2.09. The van der Waals surface area contributed by atoms with E-state index in [1.165, 1.54) is 0 Å². The molecule has 0 unspecified atom stereocenters. The fourth-order valence-electron chi connectivity index (χ4n) is 1.71. The average molecular weight is 301 g/mol. The molecule has 104 valence electrons. The first-order valence-electron chi connectivity index (χ1n) is 6.08. The van der Waals surface area contributed by atoms with Crippen molar-refractivity contribution in [1.82, 2.24) is 24.3 Å². The maximum atomic E-state index is 5.96. The highest BCUT2D eigenvalue weighted by Gasteiger charge is 2.12. The van der Waals surface area contributed by atoms with E-state index in [0.29, 0.717) is 17.5 Å². The summed E-state index contributed by atoms with van der Waals surface area (Å²) in [6.45, 7) is 3.40. The molecular weight excluding hydrogens is 284 g/mol. The Hall–Kier alpha value is -1.05. The lowest BCUT2D eigenvalue weighted by atomic mass is 10.4. The molecule has 0 radical (unpaired) electrons. The minimum absolute atomic E-state index is 0.405. The molecule has 0 aliphatic rings. The van der Waals surface area contributed by atoms with Gasteiger partial charge in [0, 0.05) is 13.6 Å². The predicted octanol–water partition coefficient (Wildman–Crippen LogP) is 1.83. The van der Waals surface area contributed by atoms with Crippen LogP contribution in [0.15, 0.2) is 11.4 Å². The van der Waals surface area contributed by atoms with Gasteiger partial charge in [0.25, 0.3) is 0 Å². The number of rotatable bonds is 6. The fraction of sp³-hybridized carbons (Fsp3) is 0.545. The Morgan fingerprint density at radius 3 is 2.74 bits per heavy atom. The van der Waals surface area contributed by atoms with E-state index >= 15 is 0 Å². The van der Waals surface area contributed by atoms with Crippen LogP contribution in [0.2, 0.25) is 5.15 Å². The molecule has 0 spiro atoms. The van der Waals surface area contributed by atoms with Crippen LogP contribution in [0.4, 0.5) is 0 Å². The van der Waals surface area contributed by atoms with Gasteiger partial charge in [0.05, 0.1) is 18.5 Å². The van der Waals surface area contributed by atoms with Crippen molar-refractivity contribution in [3.8, 4) is 0 Å². The summed E-state index contributed by atoms with van der Waals surface area (Å²) >= 11 is 7.56. The normalized spacial score (nSPS) is 11.2. The quantitative estimate of drug-likeness (QED) is 0.824. The zero-order chi connectivity index (χ0) is 13.8. The summed E-state index contributed by atoms with van der Waals surface area (Å²) in [4.78, 5) is 4.26. The Morgan fingerprint density at radius 2 is 2.16 bits per heavy atom. The maximum absolute atomic E-state index is 5.96. The van der Waals surface area contributed by atoms with Crippen molar-refractivity contribution >= 4 is 23.4 Å². The van der Waals surface area contributed by atoms with Crippen molar-refractivity contribution in [2.24, 2.45) is 12.8 Å². The summed E-state index contributed by atoms with van der Waals surface area (Å²) in [6, 6.07) is 0. The number of nitrogens with two attached hydrogens (primary N) is 1. The fourth-order valence-corrected chi connectivity index (χ4v) is 2.84. The molecule has 2 N–H and O–H groups in total. The van der Waals surface area contributed by atoms with Gasteiger partial charge in [-0.2, -0.15) is 0 Å². The largest absolute Gasteiger partial charge is 0.324 e. The van der Waals surface area contributed by atoms with Gasteiger partial charge in [-0.3, -0.25) is 0 Å². The van der Waals surface area contributed by atoms with Gasteiger partial charge in [0.2, 0.25) is 0 Å². The highest BCUT2D eigenvalue weighted by atomic mass is 35.5. The van der Waals surface area contributed by atoms with Crippen molar-refractivity contribution in [3.05, 3.63) is 23.0 Å². The molecular formula is C11H17ClN6S. The zero-order valence-electron chi connectivity index (χ0n) is 11.0. The Kier molecular flexibility index (Phi) is 4.84. The second-order valence-corrected chi connectivity index (χ2v) is 5.43. The Morgan fingerprint density at radius 1 is 1.37 bits per heavy atom. The van der Waals surface area contributed by atoms with E-state index in [2.05, 4.69) is 26.7 Å². The van der Waals surface area contributed by atoms with Crippen LogP contribution < -0.4 is 5.73 Å². The van der Waals surface area contributed by atoms with E-state index in [9.17, 15) is 0 Å². The van der Waals surface area contributed by atoms with Crippen LogP contribution in [-0.2, 0) is 25.9 Å². The topological polar surface area (TPSA) is 74.6 Å². The first-order chi connectivity index (χ1) is 9.17. The number of nitrogens with zero attached hydrogens (tertiary/aromatic N) is 5. The third-order valence-corrected chi connectivity index (χ3v) is 4.10. The summed E-state index contributed by atoms with van der Waals surface area (Å²) in [5, 5.41) is 9.80. The number of halogens is 1. The minimum Gasteiger partial charge on any atom is -0.324 e. The molecule has 0 saturated carbocycles. The summed E-state index contributed by atoms with van der Waals surface area (Å²) in [5.41, 5.74) is 5.66. The van der Waals surface area contributed by atoms with Gasteiger partial charge in [0.1, 0.15) is 16.8 Å². The molecule has 6 nitrogen and oxygen atoms in total. The van der Waals surface area contributed by atoms with Crippen LogP contribution in [0.25, 0.3) is 0 Å². The zero-order valence-corrected chi connectivity index (χ0v) is 12.6. The SMILES string of the molecule is CCCn1c(CN)nnc1SCc1ncc(Cl)n1C. The van der Waals surface area contributed by atoms with E-state index in [-0.39, 0.29) is 0 Å². The molecule has 0 atom stereocenters. The molecule has 2 aromatic rings. The maximum Gasteiger partial charge on any atom is 0.191 e. The van der Waals surface area contributed by atoms with Crippen molar-refractivity contribution in [3.63, 3.8) is 0 Å². The average Bonchev–Trinajstić information content (AvgIpc) is 2.94. The van der Waals surface area contributed by atoms with E-state index in [4.69, 9.17) is 17.3 Å². The molecule has 19 heavy (non-hydrogen) atoms. The number of aromatic nitrogens is 5. The van der Waals surface area contributed by atoms with Crippen molar-refractivity contribution in [2.75, 3.05) is 0 Å². The first kappa shape index (κ1) is 14.4. The van der Waals surface area contributed by atoms with Crippen LogP contribution >= 0.6 is 23.4 Å². The van der Waals surface area contributed by atoms with Gasteiger partial charge in [0.15, 0.2) is 5.16 Å². The lowest BCUT2D eigenvalue weighted by molar-refractivity contribution is 0.592. The molecule has 0 saturated heterocycles. The van der Waals surface area contributed by atoms with Gasteiger partial charge in [-0.15, -0.1) is 10.2 Å². The van der Waals surface area contributed by atoms with Crippen LogP contribution in [0.5, 0.6) is 0 Å². The molecule has 8 heteroatoms. The predicted molar refractivity (Wildman–Crippen MR) is 76.0 cm³/mol. The molecule has 0 bridgehead atoms. The molecule has 0 fully saturated rings. The summed E-state index contributed by atoms with van der Waals surface area (Å²) in [6.07, 6.45) is 2.67. The van der Waals surface area contributed by atoms with Crippen LogP contribution in [0.3, 0.4) is 0 Å². The van der Waals surface area contributed by atoms with E-state index in [1.807, 2.05) is 11.6 Å². The smallest absolute Gasteiger partial charge is 0.191 e. The molecule has 0 amide bonds. The molecule has 2 heterocycles. The minimum atomic E-state index is 0.405. The Bertz CT molecular complexity index is 549. The number of hydrogen-bond donors (Lipinski definition) is 1. The molecule has 2 aromatic heterocycles. The van der Waals surface area contributed by atoms with Gasteiger partial charge < -0.3 is 14.9 Å². The van der Waals surface area contributed by atoms with Crippen LogP contribution in [0, 0.1) is 0 Å². The third-order valence-electron chi connectivity index (χ3n) is 2.78. The molecule has 0 aromatic carbocycles. The van der Waals surface area contributed by atoms with Gasteiger partial charge in [-0.25, -0.2) is 4.98 Å². The lowest BCUT2D eigenvalue weighted by Gasteiger charge is -2.07. The van der Waals surface area contributed by atoms with E-state index < -0.39 is 0 Å². The molecule has 2 rings (SSSR count). The highest BCUT2D eigenvalue weighted by Crippen LogP contribution is 2.22. The monoisotopic (exact) mass is 300 g/mol. The Labute approximate surface area is 121 Å². The second kappa shape index (κ2) is 6.40. The third kappa shape index (κ3) is 3.10. The van der Waals surface area contributed by atoms with Crippen molar-refractivity contribution in [1.29, 1.82) is 0 Å². The molecule has 0 aliphatic carbocycles. The Balaban J connectivity index is 2.11. The van der Waals surface area contributed by atoms with Crippen molar-refractivity contribution in [2.45, 2.75) is 37.3 Å². The number of hydrogen-bond acceptors (Lipinski definition) is 5. The summed E-state index contributed by atoms with van der Waals surface area (Å²) in [5.74, 6) is 2.44. The molecule has 0 aliphatic heterocycles.